The second-order valence-electron chi connectivity index (χ2n) is 4.72. The lowest BCUT2D eigenvalue weighted by molar-refractivity contribution is -0.120. The van der Waals surface area contributed by atoms with Crippen LogP contribution in [0.15, 0.2) is 0 Å². The van der Waals surface area contributed by atoms with E-state index in [4.69, 9.17) is 4.74 Å². The first-order chi connectivity index (χ1) is 7.63. The molecule has 2 N–H and O–H groups in total. The number of amides is 1. The Morgan fingerprint density at radius 1 is 1.50 bits per heavy atom. The maximum absolute atomic E-state index is 11.4. The summed E-state index contributed by atoms with van der Waals surface area (Å²) < 4.78 is 5.60. The van der Waals surface area contributed by atoms with Crippen molar-refractivity contribution in [1.29, 1.82) is 0 Å². The van der Waals surface area contributed by atoms with Gasteiger partial charge in [0.25, 0.3) is 0 Å². The molecule has 0 aromatic heterocycles. The highest BCUT2D eigenvalue weighted by atomic mass is 16.5. The molecule has 94 valence electrons. The lowest BCUT2D eigenvalue weighted by atomic mass is 10.00. The molecule has 0 radical (unpaired) electrons. The van der Waals surface area contributed by atoms with Crippen LogP contribution in [-0.2, 0) is 9.53 Å². The summed E-state index contributed by atoms with van der Waals surface area (Å²) in [5, 5.41) is 6.07. The van der Waals surface area contributed by atoms with Crippen molar-refractivity contribution < 1.29 is 9.53 Å². The van der Waals surface area contributed by atoms with Gasteiger partial charge in [-0.2, -0.15) is 0 Å². The third-order valence-electron chi connectivity index (χ3n) is 2.89. The van der Waals surface area contributed by atoms with Crippen molar-refractivity contribution in [3.63, 3.8) is 0 Å². The Balaban J connectivity index is 2.12. The highest BCUT2D eigenvalue weighted by Gasteiger charge is 2.26. The summed E-state index contributed by atoms with van der Waals surface area (Å²) in [6.07, 6.45) is 2.54. The zero-order chi connectivity index (χ0) is 12.0. The molecule has 1 aliphatic rings. The molecule has 1 fully saturated rings. The number of rotatable bonds is 6. The van der Waals surface area contributed by atoms with Gasteiger partial charge in [-0.1, -0.05) is 6.92 Å². The summed E-state index contributed by atoms with van der Waals surface area (Å²) in [4.78, 5) is 11.4. The standard InChI is InChI=1S/C12H24N2O2/c1-4-11-10(5-6-16-11)7-13-8-12(15)14-9(2)3/h9-11,13H,4-8H2,1-3H3,(H,14,15). The van der Waals surface area contributed by atoms with E-state index in [-0.39, 0.29) is 11.9 Å². The fourth-order valence-corrected chi connectivity index (χ4v) is 2.12. The number of hydrogen-bond donors (Lipinski definition) is 2. The van der Waals surface area contributed by atoms with Gasteiger partial charge in [0.15, 0.2) is 0 Å². The van der Waals surface area contributed by atoms with Crippen LogP contribution in [-0.4, -0.2) is 37.7 Å². The number of nitrogens with one attached hydrogen (secondary N) is 2. The molecule has 4 heteroatoms. The second kappa shape index (κ2) is 6.86. The van der Waals surface area contributed by atoms with E-state index < -0.39 is 0 Å². The van der Waals surface area contributed by atoms with Gasteiger partial charge < -0.3 is 15.4 Å². The highest BCUT2D eigenvalue weighted by Crippen LogP contribution is 2.22. The molecule has 1 heterocycles. The molecule has 1 aliphatic heterocycles. The quantitative estimate of drug-likeness (QED) is 0.710. The van der Waals surface area contributed by atoms with Crippen LogP contribution in [0, 0.1) is 5.92 Å². The highest BCUT2D eigenvalue weighted by molar-refractivity contribution is 5.78. The first-order valence-corrected chi connectivity index (χ1v) is 6.25. The number of carbonyl (C=O) groups excluding carboxylic acids is 1. The first-order valence-electron chi connectivity index (χ1n) is 6.25. The maximum atomic E-state index is 11.4. The molecular weight excluding hydrogens is 204 g/mol. The monoisotopic (exact) mass is 228 g/mol. The Morgan fingerprint density at radius 3 is 2.88 bits per heavy atom. The zero-order valence-corrected chi connectivity index (χ0v) is 10.6. The molecular formula is C12H24N2O2. The van der Waals surface area contributed by atoms with Crippen molar-refractivity contribution in [1.82, 2.24) is 10.6 Å². The molecule has 4 nitrogen and oxygen atoms in total. The van der Waals surface area contributed by atoms with E-state index in [1.54, 1.807) is 0 Å². The van der Waals surface area contributed by atoms with Crippen molar-refractivity contribution in [2.75, 3.05) is 19.7 Å². The molecule has 2 atom stereocenters. The fraction of sp³-hybridized carbons (Fsp3) is 0.917. The van der Waals surface area contributed by atoms with Gasteiger partial charge in [-0.15, -0.1) is 0 Å². The average molecular weight is 228 g/mol. The van der Waals surface area contributed by atoms with E-state index in [9.17, 15) is 4.79 Å². The molecule has 0 saturated carbocycles. The maximum Gasteiger partial charge on any atom is 0.234 e. The third kappa shape index (κ3) is 4.49. The minimum Gasteiger partial charge on any atom is -0.378 e. The smallest absolute Gasteiger partial charge is 0.234 e. The number of ether oxygens (including phenoxy) is 1. The van der Waals surface area contributed by atoms with Gasteiger partial charge in [-0.25, -0.2) is 0 Å². The molecule has 0 aromatic rings. The van der Waals surface area contributed by atoms with Gasteiger partial charge in [0, 0.05) is 19.2 Å². The van der Waals surface area contributed by atoms with Crippen molar-refractivity contribution in [2.24, 2.45) is 5.92 Å². The lowest BCUT2D eigenvalue weighted by Gasteiger charge is -2.17. The SMILES string of the molecule is CCC1OCCC1CNCC(=O)NC(C)C. The topological polar surface area (TPSA) is 50.4 Å². The van der Waals surface area contributed by atoms with Crippen LogP contribution in [0.4, 0.5) is 0 Å². The normalized spacial score (nSPS) is 25.0. The Labute approximate surface area is 98.1 Å². The minimum atomic E-state index is 0.0713. The minimum absolute atomic E-state index is 0.0713. The summed E-state index contributed by atoms with van der Waals surface area (Å²) in [5.41, 5.74) is 0. The van der Waals surface area contributed by atoms with Crippen molar-refractivity contribution in [2.45, 2.75) is 45.8 Å². The summed E-state index contributed by atoms with van der Waals surface area (Å²) in [6, 6.07) is 0.215. The van der Waals surface area contributed by atoms with E-state index in [1.807, 2.05) is 13.8 Å². The van der Waals surface area contributed by atoms with Crippen LogP contribution in [0.25, 0.3) is 0 Å². The predicted octanol–water partition coefficient (Wildman–Crippen LogP) is 0.916. The molecule has 0 bridgehead atoms. The number of carbonyl (C=O) groups is 1. The molecule has 1 rings (SSSR count). The Morgan fingerprint density at radius 2 is 2.25 bits per heavy atom. The molecule has 1 saturated heterocycles. The summed E-state index contributed by atoms with van der Waals surface area (Å²) in [6.45, 7) is 8.23. The molecule has 0 spiro atoms. The molecule has 0 aliphatic carbocycles. The largest absolute Gasteiger partial charge is 0.378 e. The average Bonchev–Trinajstić information content (AvgIpc) is 2.64. The Hall–Kier alpha value is -0.610. The first kappa shape index (κ1) is 13.5. The lowest BCUT2D eigenvalue weighted by Crippen LogP contribution is -2.39. The van der Waals surface area contributed by atoms with Gasteiger partial charge in [0.2, 0.25) is 5.91 Å². The van der Waals surface area contributed by atoms with Gasteiger partial charge in [-0.05, 0) is 32.6 Å². The number of hydrogen-bond acceptors (Lipinski definition) is 3. The van der Waals surface area contributed by atoms with Crippen LogP contribution in [0.2, 0.25) is 0 Å². The van der Waals surface area contributed by atoms with E-state index in [1.165, 1.54) is 0 Å². The summed E-state index contributed by atoms with van der Waals surface area (Å²) in [5.74, 6) is 0.638. The van der Waals surface area contributed by atoms with Crippen molar-refractivity contribution in [3.05, 3.63) is 0 Å². The van der Waals surface area contributed by atoms with E-state index in [2.05, 4.69) is 17.6 Å². The van der Waals surface area contributed by atoms with Crippen LogP contribution in [0.3, 0.4) is 0 Å². The molecule has 16 heavy (non-hydrogen) atoms. The van der Waals surface area contributed by atoms with Gasteiger partial charge in [0.1, 0.15) is 0 Å². The van der Waals surface area contributed by atoms with Crippen molar-refractivity contribution in [3.8, 4) is 0 Å². The second-order valence-corrected chi connectivity index (χ2v) is 4.72. The van der Waals surface area contributed by atoms with Crippen molar-refractivity contribution >= 4 is 5.91 Å². The van der Waals surface area contributed by atoms with Crippen LogP contribution in [0.1, 0.15) is 33.6 Å². The van der Waals surface area contributed by atoms with Gasteiger partial charge >= 0.3 is 0 Å². The van der Waals surface area contributed by atoms with Crippen LogP contribution >= 0.6 is 0 Å². The molecule has 1 amide bonds. The third-order valence-corrected chi connectivity index (χ3v) is 2.89. The molecule has 0 aromatic carbocycles. The van der Waals surface area contributed by atoms with E-state index in [0.717, 1.165) is 26.0 Å². The van der Waals surface area contributed by atoms with Gasteiger partial charge in [0.05, 0.1) is 12.6 Å². The Kier molecular flexibility index (Phi) is 5.77. The predicted molar refractivity (Wildman–Crippen MR) is 64.3 cm³/mol. The fourth-order valence-electron chi connectivity index (χ4n) is 2.12. The van der Waals surface area contributed by atoms with E-state index >= 15 is 0 Å². The van der Waals surface area contributed by atoms with Gasteiger partial charge in [-0.3, -0.25) is 4.79 Å². The summed E-state index contributed by atoms with van der Waals surface area (Å²) in [7, 11) is 0. The Bertz CT molecular complexity index is 219. The molecule has 2 unspecified atom stereocenters. The summed E-state index contributed by atoms with van der Waals surface area (Å²) >= 11 is 0. The van der Waals surface area contributed by atoms with E-state index in [0.29, 0.717) is 18.6 Å². The zero-order valence-electron chi connectivity index (χ0n) is 10.6. The van der Waals surface area contributed by atoms with Crippen LogP contribution in [0.5, 0.6) is 0 Å². The van der Waals surface area contributed by atoms with Crippen LogP contribution < -0.4 is 10.6 Å².